The van der Waals surface area contributed by atoms with Gasteiger partial charge in [0, 0.05) is 18.1 Å². The summed E-state index contributed by atoms with van der Waals surface area (Å²) in [6.07, 6.45) is 8.98. The van der Waals surface area contributed by atoms with Crippen LogP contribution in [0.3, 0.4) is 0 Å². The molecular formula is C18H31N3O3. The van der Waals surface area contributed by atoms with Gasteiger partial charge in [0.05, 0.1) is 12.1 Å². The van der Waals surface area contributed by atoms with Gasteiger partial charge in [0.2, 0.25) is 12.3 Å². The Morgan fingerprint density at radius 3 is 2.46 bits per heavy atom. The summed E-state index contributed by atoms with van der Waals surface area (Å²) in [5.41, 5.74) is 3.76. The van der Waals surface area contributed by atoms with Gasteiger partial charge >= 0.3 is 0 Å². The molecule has 1 saturated heterocycles. The van der Waals surface area contributed by atoms with Crippen molar-refractivity contribution in [2.45, 2.75) is 75.5 Å². The standard InChI is InChI=1S/C17H28N2O2.CH3NO/c1-12-3-2-4-19(12)15(20)10-18-16-6-13-5-14(7-16)9-17(21,8-13)11-16;2-1-3/h12-14,18,21H,2-11H2,1H3;1H,(H2,2,3). The van der Waals surface area contributed by atoms with Gasteiger partial charge in [-0.2, -0.15) is 0 Å². The monoisotopic (exact) mass is 337 g/mol. The molecular weight excluding hydrogens is 306 g/mol. The first kappa shape index (κ1) is 17.7. The molecule has 6 nitrogen and oxygen atoms in total. The van der Waals surface area contributed by atoms with Crippen LogP contribution in [0.25, 0.3) is 0 Å². The van der Waals surface area contributed by atoms with Crippen molar-refractivity contribution in [3.05, 3.63) is 0 Å². The second-order valence-electron chi connectivity index (χ2n) is 8.53. The van der Waals surface area contributed by atoms with Gasteiger partial charge in [0.15, 0.2) is 0 Å². The largest absolute Gasteiger partial charge is 0.390 e. The van der Waals surface area contributed by atoms with Gasteiger partial charge in [-0.15, -0.1) is 0 Å². The average molecular weight is 337 g/mol. The van der Waals surface area contributed by atoms with Crippen LogP contribution in [-0.4, -0.2) is 52.6 Å². The normalized spacial score (nSPS) is 42.6. The first-order valence-corrected chi connectivity index (χ1v) is 9.31. The first-order chi connectivity index (χ1) is 11.4. The van der Waals surface area contributed by atoms with Crippen LogP contribution in [0.2, 0.25) is 0 Å². The number of likely N-dealkylation sites (tertiary alicyclic amines) is 1. The van der Waals surface area contributed by atoms with E-state index in [1.165, 1.54) is 6.42 Å². The molecule has 4 N–H and O–H groups in total. The Morgan fingerprint density at radius 1 is 1.33 bits per heavy atom. The maximum absolute atomic E-state index is 12.4. The molecule has 0 spiro atoms. The molecule has 3 unspecified atom stereocenters. The zero-order valence-corrected chi connectivity index (χ0v) is 14.7. The lowest BCUT2D eigenvalue weighted by atomic mass is 9.51. The summed E-state index contributed by atoms with van der Waals surface area (Å²) in [5, 5.41) is 14.3. The molecule has 5 fully saturated rings. The maximum Gasteiger partial charge on any atom is 0.236 e. The summed E-state index contributed by atoms with van der Waals surface area (Å²) in [5.74, 6) is 1.59. The minimum Gasteiger partial charge on any atom is -0.390 e. The van der Waals surface area contributed by atoms with Crippen LogP contribution in [-0.2, 0) is 9.59 Å². The van der Waals surface area contributed by atoms with Gasteiger partial charge in [-0.05, 0) is 70.1 Å². The van der Waals surface area contributed by atoms with Gasteiger partial charge in [-0.3, -0.25) is 9.59 Å². The quantitative estimate of drug-likeness (QED) is 0.663. The van der Waals surface area contributed by atoms with Crippen molar-refractivity contribution in [3.63, 3.8) is 0 Å². The number of hydrogen-bond donors (Lipinski definition) is 3. The number of carbonyl (C=O) groups is 2. The second kappa shape index (κ2) is 6.64. The van der Waals surface area contributed by atoms with Crippen LogP contribution in [0.15, 0.2) is 0 Å². The highest BCUT2D eigenvalue weighted by Gasteiger charge is 2.57. The fourth-order valence-electron chi connectivity index (χ4n) is 6.09. The van der Waals surface area contributed by atoms with Crippen LogP contribution in [0.4, 0.5) is 0 Å². The van der Waals surface area contributed by atoms with E-state index in [-0.39, 0.29) is 17.9 Å². The fraction of sp³-hybridized carbons (Fsp3) is 0.889. The van der Waals surface area contributed by atoms with E-state index in [9.17, 15) is 9.90 Å². The SMILES string of the molecule is CC1CCCN1C(=O)CNC12CC3CC(CC(O)(C3)C1)C2.NC=O. The molecule has 4 saturated carbocycles. The van der Waals surface area contributed by atoms with Crippen molar-refractivity contribution >= 4 is 12.3 Å². The van der Waals surface area contributed by atoms with E-state index in [4.69, 9.17) is 4.79 Å². The fourth-order valence-corrected chi connectivity index (χ4v) is 6.09. The Morgan fingerprint density at radius 2 is 1.96 bits per heavy atom. The predicted octanol–water partition coefficient (Wildman–Crippen LogP) is 0.772. The third-order valence-corrected chi connectivity index (χ3v) is 6.52. The number of nitrogens with zero attached hydrogens (tertiary/aromatic N) is 1. The summed E-state index contributed by atoms with van der Waals surface area (Å²) in [4.78, 5) is 23.0. The zero-order chi connectivity index (χ0) is 17.4. The highest BCUT2D eigenvalue weighted by atomic mass is 16.3. The number of nitrogens with two attached hydrogens (primary N) is 1. The molecule has 5 aliphatic rings. The summed E-state index contributed by atoms with van der Waals surface area (Å²) >= 11 is 0. The van der Waals surface area contributed by atoms with Gasteiger partial charge < -0.3 is 21.1 Å². The molecule has 4 aliphatic carbocycles. The minimum absolute atomic E-state index is 0.0391. The molecule has 24 heavy (non-hydrogen) atoms. The average Bonchev–Trinajstić information content (AvgIpc) is 2.89. The molecule has 6 heteroatoms. The third-order valence-electron chi connectivity index (χ3n) is 6.52. The van der Waals surface area contributed by atoms with Crippen LogP contribution in [0, 0.1) is 11.8 Å². The van der Waals surface area contributed by atoms with E-state index in [0.717, 1.165) is 51.5 Å². The van der Waals surface area contributed by atoms with Gasteiger partial charge in [-0.1, -0.05) is 0 Å². The van der Waals surface area contributed by atoms with Crippen molar-refractivity contribution in [2.24, 2.45) is 17.6 Å². The molecule has 3 atom stereocenters. The number of primary amides is 1. The molecule has 5 rings (SSSR count). The molecule has 1 heterocycles. The van der Waals surface area contributed by atoms with E-state index in [0.29, 0.717) is 24.4 Å². The van der Waals surface area contributed by atoms with E-state index in [1.807, 2.05) is 4.90 Å². The molecule has 0 radical (unpaired) electrons. The molecule has 0 aromatic heterocycles. The lowest BCUT2D eigenvalue weighted by molar-refractivity contribution is -0.147. The highest BCUT2D eigenvalue weighted by Crippen LogP contribution is 2.57. The van der Waals surface area contributed by atoms with Crippen molar-refractivity contribution in [1.82, 2.24) is 10.2 Å². The Bertz CT molecular complexity index is 482. The van der Waals surface area contributed by atoms with Gasteiger partial charge in [-0.25, -0.2) is 0 Å². The minimum atomic E-state index is -0.443. The Labute approximate surface area is 144 Å². The molecule has 0 aromatic rings. The number of nitrogens with one attached hydrogen (secondary N) is 1. The molecule has 0 aromatic carbocycles. The second-order valence-corrected chi connectivity index (χ2v) is 8.53. The number of rotatable bonds is 3. The summed E-state index contributed by atoms with van der Waals surface area (Å²) < 4.78 is 0. The van der Waals surface area contributed by atoms with Crippen molar-refractivity contribution in [3.8, 4) is 0 Å². The maximum atomic E-state index is 12.4. The Hall–Kier alpha value is -1.14. The van der Waals surface area contributed by atoms with Gasteiger partial charge in [0.1, 0.15) is 0 Å². The third kappa shape index (κ3) is 3.45. The molecule has 4 bridgehead atoms. The van der Waals surface area contributed by atoms with Crippen molar-refractivity contribution in [2.75, 3.05) is 13.1 Å². The van der Waals surface area contributed by atoms with Gasteiger partial charge in [0.25, 0.3) is 0 Å². The summed E-state index contributed by atoms with van der Waals surface area (Å²) in [7, 11) is 0. The number of aliphatic hydroxyl groups is 1. The molecule has 2 amide bonds. The summed E-state index contributed by atoms with van der Waals surface area (Å²) in [6.45, 7) is 3.53. The van der Waals surface area contributed by atoms with Crippen molar-refractivity contribution in [1.29, 1.82) is 0 Å². The van der Waals surface area contributed by atoms with Crippen LogP contribution in [0.5, 0.6) is 0 Å². The molecule has 1 aliphatic heterocycles. The highest BCUT2D eigenvalue weighted by molar-refractivity contribution is 5.79. The lowest BCUT2D eigenvalue weighted by Gasteiger charge is -2.60. The van der Waals surface area contributed by atoms with Crippen molar-refractivity contribution < 1.29 is 14.7 Å². The predicted molar refractivity (Wildman–Crippen MR) is 91.0 cm³/mol. The summed E-state index contributed by atoms with van der Waals surface area (Å²) in [6, 6.07) is 0.403. The lowest BCUT2D eigenvalue weighted by Crippen LogP contribution is -2.65. The van der Waals surface area contributed by atoms with E-state index < -0.39 is 5.60 Å². The van der Waals surface area contributed by atoms with Crippen LogP contribution >= 0.6 is 0 Å². The Balaban J connectivity index is 0.000000526. The Kier molecular flexibility index (Phi) is 4.89. The van der Waals surface area contributed by atoms with Crippen LogP contribution < -0.4 is 11.1 Å². The van der Waals surface area contributed by atoms with Crippen LogP contribution in [0.1, 0.15) is 58.3 Å². The zero-order valence-electron chi connectivity index (χ0n) is 14.7. The number of amides is 2. The topological polar surface area (TPSA) is 95.7 Å². The number of carbonyl (C=O) groups excluding carboxylic acids is 2. The van der Waals surface area contributed by atoms with E-state index >= 15 is 0 Å². The first-order valence-electron chi connectivity index (χ1n) is 9.31. The smallest absolute Gasteiger partial charge is 0.236 e. The molecule has 136 valence electrons. The van der Waals surface area contributed by atoms with E-state index in [2.05, 4.69) is 18.0 Å². The number of hydrogen-bond acceptors (Lipinski definition) is 4. The van der Waals surface area contributed by atoms with E-state index in [1.54, 1.807) is 0 Å².